The number of nitrogens with one attached hydrogen (secondary N) is 2. The van der Waals surface area contributed by atoms with E-state index in [4.69, 9.17) is 0 Å². The first-order chi connectivity index (χ1) is 12.4. The van der Waals surface area contributed by atoms with Crippen LogP contribution in [0.15, 0.2) is 34.5 Å². The number of sulfonamides is 1. The number of carbonyl (C=O) groups is 1. The number of hydrogen-bond acceptors (Lipinski definition) is 5. The largest absolute Gasteiger partial charge is 0.334 e. The molecule has 142 valence electrons. The molecule has 0 atom stereocenters. The van der Waals surface area contributed by atoms with Crippen molar-refractivity contribution >= 4 is 27.4 Å². The first-order valence-electron chi connectivity index (χ1n) is 8.38. The van der Waals surface area contributed by atoms with E-state index < -0.39 is 10.0 Å². The summed E-state index contributed by atoms with van der Waals surface area (Å²) in [6, 6.07) is 6.26. The third-order valence-electron chi connectivity index (χ3n) is 3.82. The number of aromatic nitrogens is 1. The van der Waals surface area contributed by atoms with Gasteiger partial charge in [-0.1, -0.05) is 26.0 Å². The Hall–Kier alpha value is -1.97. The van der Waals surface area contributed by atoms with E-state index in [9.17, 15) is 13.2 Å². The lowest BCUT2D eigenvalue weighted by Gasteiger charge is -2.18. The van der Waals surface area contributed by atoms with Gasteiger partial charge in [-0.05, 0) is 24.6 Å². The average Bonchev–Trinajstić information content (AvgIpc) is 3.04. The second-order valence-electron chi connectivity index (χ2n) is 5.63. The van der Waals surface area contributed by atoms with Crippen LogP contribution in [0, 0.1) is 6.92 Å². The molecule has 2 rings (SSSR count). The van der Waals surface area contributed by atoms with Gasteiger partial charge < -0.3 is 10.6 Å². The molecule has 0 fully saturated rings. The van der Waals surface area contributed by atoms with Gasteiger partial charge >= 0.3 is 6.03 Å². The fraction of sp³-hybridized carbons (Fsp3) is 0.412. The van der Waals surface area contributed by atoms with Crippen LogP contribution in [0.3, 0.4) is 0 Å². The number of nitrogens with zero attached hydrogens (tertiary/aromatic N) is 2. The Morgan fingerprint density at radius 1 is 1.12 bits per heavy atom. The Morgan fingerprint density at radius 3 is 2.27 bits per heavy atom. The molecule has 2 amide bonds. The summed E-state index contributed by atoms with van der Waals surface area (Å²) in [4.78, 5) is 16.4. The Morgan fingerprint density at radius 2 is 1.73 bits per heavy atom. The van der Waals surface area contributed by atoms with E-state index >= 15 is 0 Å². The van der Waals surface area contributed by atoms with Gasteiger partial charge in [-0.3, -0.25) is 0 Å². The normalized spacial score (nSPS) is 11.5. The Bertz CT molecular complexity index is 828. The fourth-order valence-corrected chi connectivity index (χ4v) is 4.47. The minimum atomic E-state index is -3.46. The first-order valence-corrected chi connectivity index (χ1v) is 10.7. The predicted octanol–water partition coefficient (Wildman–Crippen LogP) is 2.48. The van der Waals surface area contributed by atoms with Gasteiger partial charge in [-0.2, -0.15) is 4.31 Å². The zero-order valence-corrected chi connectivity index (χ0v) is 16.8. The molecular formula is C17H24N4O3S2. The Labute approximate surface area is 158 Å². The van der Waals surface area contributed by atoms with Crippen molar-refractivity contribution in [3.05, 3.63) is 45.9 Å². The fourth-order valence-electron chi connectivity index (χ4n) is 2.40. The summed E-state index contributed by atoms with van der Waals surface area (Å²) >= 11 is 1.54. The van der Waals surface area contributed by atoms with Gasteiger partial charge in [0.25, 0.3) is 0 Å². The van der Waals surface area contributed by atoms with Crippen molar-refractivity contribution in [3.63, 3.8) is 0 Å². The van der Waals surface area contributed by atoms with E-state index in [1.54, 1.807) is 24.3 Å². The van der Waals surface area contributed by atoms with Gasteiger partial charge in [0.1, 0.15) is 0 Å². The molecule has 0 radical (unpaired) electrons. The standard InChI is InChI=1S/C17H24N4O3S2/c1-4-21(5-2)26(23,24)16-8-6-14(7-9-16)10-18-17(22)19-11-15-12-25-13(3)20-15/h6-9,12H,4-5,10-11H2,1-3H3,(H2,18,19,22). The summed E-state index contributed by atoms with van der Waals surface area (Å²) in [5.41, 5.74) is 1.65. The first kappa shape index (κ1) is 20.3. The number of hydrogen-bond donors (Lipinski definition) is 2. The van der Waals surface area contributed by atoms with Gasteiger partial charge in [-0.25, -0.2) is 18.2 Å². The second kappa shape index (κ2) is 9.11. The SMILES string of the molecule is CCN(CC)S(=O)(=O)c1ccc(CNC(=O)NCc2csc(C)n2)cc1. The lowest BCUT2D eigenvalue weighted by molar-refractivity contribution is 0.240. The van der Waals surface area contributed by atoms with Crippen molar-refractivity contribution in [2.75, 3.05) is 13.1 Å². The maximum atomic E-state index is 12.4. The van der Waals surface area contributed by atoms with Crippen molar-refractivity contribution in [2.45, 2.75) is 38.8 Å². The summed E-state index contributed by atoms with van der Waals surface area (Å²) in [5, 5.41) is 8.35. The molecule has 2 N–H and O–H groups in total. The molecule has 1 heterocycles. The number of thiazole rings is 1. The average molecular weight is 397 g/mol. The number of carbonyl (C=O) groups excluding carboxylic acids is 1. The van der Waals surface area contributed by atoms with Crippen LogP contribution in [0.1, 0.15) is 30.1 Å². The van der Waals surface area contributed by atoms with Gasteiger partial charge in [0.05, 0.1) is 22.1 Å². The van der Waals surface area contributed by atoms with Crippen LogP contribution < -0.4 is 10.6 Å². The summed E-state index contributed by atoms with van der Waals surface area (Å²) in [6.45, 7) is 7.08. The molecule has 1 aromatic heterocycles. The van der Waals surface area contributed by atoms with Crippen LogP contribution in [0.2, 0.25) is 0 Å². The van der Waals surface area contributed by atoms with Crippen LogP contribution in [0.5, 0.6) is 0 Å². The van der Waals surface area contributed by atoms with Crippen molar-refractivity contribution in [1.82, 2.24) is 19.9 Å². The van der Waals surface area contributed by atoms with Crippen molar-refractivity contribution in [1.29, 1.82) is 0 Å². The maximum Gasteiger partial charge on any atom is 0.315 e. The molecule has 0 bridgehead atoms. The molecule has 9 heteroatoms. The zero-order chi connectivity index (χ0) is 19.2. The highest BCUT2D eigenvalue weighted by Crippen LogP contribution is 2.16. The zero-order valence-electron chi connectivity index (χ0n) is 15.2. The van der Waals surface area contributed by atoms with Crippen LogP contribution in [-0.2, 0) is 23.1 Å². The molecule has 26 heavy (non-hydrogen) atoms. The van der Waals surface area contributed by atoms with E-state index in [0.717, 1.165) is 16.3 Å². The minimum absolute atomic E-state index is 0.258. The smallest absolute Gasteiger partial charge is 0.315 e. The number of urea groups is 1. The predicted molar refractivity (Wildman–Crippen MR) is 102 cm³/mol. The molecule has 1 aromatic carbocycles. The summed E-state index contributed by atoms with van der Waals surface area (Å²) in [5.74, 6) is 0. The molecule has 0 spiro atoms. The van der Waals surface area contributed by atoms with E-state index in [-0.39, 0.29) is 10.9 Å². The minimum Gasteiger partial charge on any atom is -0.334 e. The van der Waals surface area contributed by atoms with Crippen molar-refractivity contribution in [3.8, 4) is 0 Å². The maximum absolute atomic E-state index is 12.4. The topological polar surface area (TPSA) is 91.4 Å². The van der Waals surface area contributed by atoms with Gasteiger partial charge in [0, 0.05) is 25.0 Å². The lowest BCUT2D eigenvalue weighted by atomic mass is 10.2. The molecular weight excluding hydrogens is 372 g/mol. The highest BCUT2D eigenvalue weighted by molar-refractivity contribution is 7.89. The van der Waals surface area contributed by atoms with Gasteiger partial charge in [-0.15, -0.1) is 11.3 Å². The van der Waals surface area contributed by atoms with Gasteiger partial charge in [0.2, 0.25) is 10.0 Å². The molecule has 2 aromatic rings. The van der Waals surface area contributed by atoms with E-state index in [0.29, 0.717) is 26.2 Å². The quantitative estimate of drug-likeness (QED) is 0.717. The van der Waals surface area contributed by atoms with E-state index in [2.05, 4.69) is 15.6 Å². The summed E-state index contributed by atoms with van der Waals surface area (Å²) in [6.07, 6.45) is 0. The molecule has 0 saturated heterocycles. The highest BCUT2D eigenvalue weighted by atomic mass is 32.2. The highest BCUT2D eigenvalue weighted by Gasteiger charge is 2.21. The number of rotatable bonds is 8. The number of amides is 2. The summed E-state index contributed by atoms with van der Waals surface area (Å²) in [7, 11) is -3.46. The monoisotopic (exact) mass is 396 g/mol. The Kier molecular flexibility index (Phi) is 7.13. The van der Waals surface area contributed by atoms with E-state index in [1.807, 2.05) is 26.2 Å². The van der Waals surface area contributed by atoms with Crippen LogP contribution in [0.4, 0.5) is 4.79 Å². The van der Waals surface area contributed by atoms with Crippen LogP contribution in [-0.4, -0.2) is 36.8 Å². The van der Waals surface area contributed by atoms with Crippen molar-refractivity contribution in [2.24, 2.45) is 0 Å². The van der Waals surface area contributed by atoms with Crippen LogP contribution >= 0.6 is 11.3 Å². The molecule has 0 unspecified atom stereocenters. The van der Waals surface area contributed by atoms with Crippen molar-refractivity contribution < 1.29 is 13.2 Å². The second-order valence-corrected chi connectivity index (χ2v) is 8.63. The third kappa shape index (κ3) is 5.26. The van der Waals surface area contributed by atoms with Crippen LogP contribution in [0.25, 0.3) is 0 Å². The molecule has 0 saturated carbocycles. The molecule has 7 nitrogen and oxygen atoms in total. The third-order valence-corrected chi connectivity index (χ3v) is 6.70. The Balaban J connectivity index is 1.88. The lowest BCUT2D eigenvalue weighted by Crippen LogP contribution is -2.34. The number of aryl methyl sites for hydroxylation is 1. The summed E-state index contributed by atoms with van der Waals surface area (Å²) < 4.78 is 26.3. The van der Waals surface area contributed by atoms with E-state index in [1.165, 1.54) is 15.6 Å². The molecule has 0 aliphatic rings. The van der Waals surface area contributed by atoms with Gasteiger partial charge in [0.15, 0.2) is 0 Å². The molecule has 0 aliphatic carbocycles. The molecule has 0 aliphatic heterocycles. The number of benzene rings is 1.